The minimum Gasteiger partial charge on any atom is -0.497 e. The van der Waals surface area contributed by atoms with Gasteiger partial charge in [0.25, 0.3) is 11.8 Å². The number of para-hydroxylation sites is 1. The highest BCUT2D eigenvalue weighted by atomic mass is 19.4. The third kappa shape index (κ3) is 8.25. The molecule has 0 saturated carbocycles. The number of methoxy groups -OCH3 is 1. The van der Waals surface area contributed by atoms with Crippen LogP contribution in [0.3, 0.4) is 0 Å². The average Bonchev–Trinajstić information content (AvgIpc) is 2.74. The van der Waals surface area contributed by atoms with E-state index in [-0.39, 0.29) is 12.1 Å². The lowest BCUT2D eigenvalue weighted by molar-refractivity contribution is -0.274. The molecule has 2 aromatic carbocycles. The lowest BCUT2D eigenvalue weighted by Gasteiger charge is -2.13. The second-order valence-corrected chi connectivity index (χ2v) is 6.00. The molecule has 8 nitrogen and oxygen atoms in total. The maximum Gasteiger partial charge on any atom is 0.573 e. The molecular weight excluding hydrogens is 421 g/mol. The average molecular weight is 440 g/mol. The molecule has 0 fully saturated rings. The van der Waals surface area contributed by atoms with Gasteiger partial charge in [0.2, 0.25) is 0 Å². The number of esters is 1. The zero-order valence-corrected chi connectivity index (χ0v) is 16.3. The van der Waals surface area contributed by atoms with E-state index >= 15 is 0 Å². The van der Waals surface area contributed by atoms with Gasteiger partial charge < -0.3 is 24.8 Å². The normalized spacial score (nSPS) is 10.7. The van der Waals surface area contributed by atoms with Gasteiger partial charge in [0.1, 0.15) is 18.0 Å². The lowest BCUT2D eigenvalue weighted by Crippen LogP contribution is -2.33. The first-order chi connectivity index (χ1) is 14.7. The molecule has 11 heteroatoms. The van der Waals surface area contributed by atoms with Crippen LogP contribution in [-0.4, -0.2) is 44.4 Å². The number of benzene rings is 2. The molecule has 0 aliphatic carbocycles. The summed E-state index contributed by atoms with van der Waals surface area (Å²) in [5.74, 6) is -2.01. The number of hydrogen-bond donors (Lipinski definition) is 2. The minimum atomic E-state index is -4.87. The van der Waals surface area contributed by atoms with Crippen molar-refractivity contribution in [1.82, 2.24) is 10.6 Å². The standard InChI is InChI=1S/C20H19F3N2O6/c1-29-15-8-6-13(7-9-15)19(28)25-11-18(27)30-12-17(26)24-10-14-4-2-3-5-16(14)31-20(21,22)23/h2-9H,10-12H2,1H3,(H,24,26)(H,25,28). The summed E-state index contributed by atoms with van der Waals surface area (Å²) in [7, 11) is 1.48. The van der Waals surface area contributed by atoms with Crippen LogP contribution in [0.4, 0.5) is 13.2 Å². The smallest absolute Gasteiger partial charge is 0.497 e. The summed E-state index contributed by atoms with van der Waals surface area (Å²) in [5.41, 5.74) is 0.386. The van der Waals surface area contributed by atoms with Crippen molar-refractivity contribution in [2.75, 3.05) is 20.3 Å². The second kappa shape index (κ2) is 10.9. The van der Waals surface area contributed by atoms with Crippen LogP contribution in [0.1, 0.15) is 15.9 Å². The minimum absolute atomic E-state index is 0.0891. The fourth-order valence-corrected chi connectivity index (χ4v) is 2.31. The molecular formula is C20H19F3N2O6. The van der Waals surface area contributed by atoms with Crippen molar-refractivity contribution >= 4 is 17.8 Å². The van der Waals surface area contributed by atoms with Gasteiger partial charge >= 0.3 is 12.3 Å². The highest BCUT2D eigenvalue weighted by molar-refractivity contribution is 5.96. The van der Waals surface area contributed by atoms with Gasteiger partial charge in [-0.25, -0.2) is 0 Å². The zero-order valence-electron chi connectivity index (χ0n) is 16.3. The van der Waals surface area contributed by atoms with E-state index in [1.807, 2.05) is 0 Å². The molecule has 2 amide bonds. The van der Waals surface area contributed by atoms with Crippen molar-refractivity contribution < 1.29 is 41.8 Å². The number of hydrogen-bond acceptors (Lipinski definition) is 6. The number of nitrogens with one attached hydrogen (secondary N) is 2. The van der Waals surface area contributed by atoms with Crippen LogP contribution >= 0.6 is 0 Å². The number of carbonyl (C=O) groups excluding carboxylic acids is 3. The Morgan fingerprint density at radius 2 is 1.65 bits per heavy atom. The largest absolute Gasteiger partial charge is 0.573 e. The number of carbonyl (C=O) groups is 3. The molecule has 0 bridgehead atoms. The Hall–Kier alpha value is -3.76. The number of halogens is 3. The number of rotatable bonds is 9. The van der Waals surface area contributed by atoms with Gasteiger partial charge in [-0.1, -0.05) is 18.2 Å². The summed E-state index contributed by atoms with van der Waals surface area (Å²) in [6.45, 7) is -1.41. The highest BCUT2D eigenvalue weighted by Gasteiger charge is 2.32. The maximum atomic E-state index is 12.4. The van der Waals surface area contributed by atoms with E-state index in [4.69, 9.17) is 9.47 Å². The fraction of sp³-hybridized carbons (Fsp3) is 0.250. The second-order valence-electron chi connectivity index (χ2n) is 6.00. The SMILES string of the molecule is COc1ccc(C(=O)NCC(=O)OCC(=O)NCc2ccccc2OC(F)(F)F)cc1. The van der Waals surface area contributed by atoms with Crippen molar-refractivity contribution in [3.63, 3.8) is 0 Å². The first-order valence-electron chi connectivity index (χ1n) is 8.86. The third-order valence-corrected chi connectivity index (χ3v) is 3.78. The van der Waals surface area contributed by atoms with Crippen molar-refractivity contribution in [2.24, 2.45) is 0 Å². The maximum absolute atomic E-state index is 12.4. The van der Waals surface area contributed by atoms with E-state index in [9.17, 15) is 27.6 Å². The predicted molar refractivity (Wildman–Crippen MR) is 101 cm³/mol. The van der Waals surface area contributed by atoms with E-state index in [2.05, 4.69) is 15.4 Å². The van der Waals surface area contributed by atoms with Crippen LogP contribution in [0.15, 0.2) is 48.5 Å². The van der Waals surface area contributed by atoms with Gasteiger partial charge in [-0.05, 0) is 30.3 Å². The van der Waals surface area contributed by atoms with Gasteiger partial charge in [-0.2, -0.15) is 0 Å². The van der Waals surface area contributed by atoms with Crippen molar-refractivity contribution in [3.8, 4) is 11.5 Å². The molecule has 0 aromatic heterocycles. The molecule has 0 heterocycles. The van der Waals surface area contributed by atoms with Crippen molar-refractivity contribution in [1.29, 1.82) is 0 Å². The molecule has 2 N–H and O–H groups in total. The van der Waals surface area contributed by atoms with E-state index in [1.165, 1.54) is 37.4 Å². The predicted octanol–water partition coefficient (Wildman–Crippen LogP) is 2.18. The Morgan fingerprint density at radius 1 is 0.968 bits per heavy atom. The molecule has 0 spiro atoms. The van der Waals surface area contributed by atoms with Crippen LogP contribution < -0.4 is 20.1 Å². The van der Waals surface area contributed by atoms with Gasteiger partial charge in [-0.15, -0.1) is 13.2 Å². The number of alkyl halides is 3. The van der Waals surface area contributed by atoms with E-state index in [0.29, 0.717) is 11.3 Å². The first-order valence-corrected chi connectivity index (χ1v) is 8.86. The molecule has 0 unspecified atom stereocenters. The van der Waals surface area contributed by atoms with E-state index in [0.717, 1.165) is 6.07 Å². The molecule has 166 valence electrons. The Labute approximate surface area is 175 Å². The van der Waals surface area contributed by atoms with E-state index < -0.39 is 43.0 Å². The third-order valence-electron chi connectivity index (χ3n) is 3.78. The van der Waals surface area contributed by atoms with Crippen molar-refractivity contribution in [3.05, 3.63) is 59.7 Å². The van der Waals surface area contributed by atoms with Crippen LogP contribution in [0, 0.1) is 0 Å². The van der Waals surface area contributed by atoms with E-state index in [1.54, 1.807) is 12.1 Å². The van der Waals surface area contributed by atoms with Crippen molar-refractivity contribution in [2.45, 2.75) is 12.9 Å². The number of amides is 2. The quantitative estimate of drug-likeness (QED) is 0.580. The molecule has 0 atom stereocenters. The summed E-state index contributed by atoms with van der Waals surface area (Å²) in [6.07, 6.45) is -4.87. The highest BCUT2D eigenvalue weighted by Crippen LogP contribution is 2.26. The van der Waals surface area contributed by atoms with Crippen LogP contribution in [0.5, 0.6) is 11.5 Å². The molecule has 0 saturated heterocycles. The molecule has 31 heavy (non-hydrogen) atoms. The van der Waals surface area contributed by atoms with Gasteiger partial charge in [-0.3, -0.25) is 14.4 Å². The zero-order chi connectivity index (χ0) is 22.9. The Bertz CT molecular complexity index is 916. The van der Waals surface area contributed by atoms with Gasteiger partial charge in [0.15, 0.2) is 6.61 Å². The topological polar surface area (TPSA) is 103 Å². The monoisotopic (exact) mass is 440 g/mol. The molecule has 0 aliphatic rings. The van der Waals surface area contributed by atoms with Crippen LogP contribution in [0.25, 0.3) is 0 Å². The van der Waals surface area contributed by atoms with Gasteiger partial charge in [0.05, 0.1) is 7.11 Å². The van der Waals surface area contributed by atoms with Crippen LogP contribution in [-0.2, 0) is 20.9 Å². The molecule has 0 aliphatic heterocycles. The molecule has 2 rings (SSSR count). The van der Waals surface area contributed by atoms with Gasteiger partial charge in [0, 0.05) is 17.7 Å². The fourth-order valence-electron chi connectivity index (χ4n) is 2.31. The summed E-state index contributed by atoms with van der Waals surface area (Å²) in [6, 6.07) is 11.5. The molecule has 2 aromatic rings. The first kappa shape index (κ1) is 23.5. The lowest BCUT2D eigenvalue weighted by atomic mass is 10.2. The summed E-state index contributed by atoms with van der Waals surface area (Å²) in [5, 5.41) is 4.66. The Kier molecular flexibility index (Phi) is 8.24. The summed E-state index contributed by atoms with van der Waals surface area (Å²) in [4.78, 5) is 35.4. The Balaban J connectivity index is 1.73. The summed E-state index contributed by atoms with van der Waals surface area (Å²) >= 11 is 0. The summed E-state index contributed by atoms with van der Waals surface area (Å²) < 4.78 is 50.8. The van der Waals surface area contributed by atoms with Crippen LogP contribution in [0.2, 0.25) is 0 Å². The number of ether oxygens (including phenoxy) is 3. The molecule has 0 radical (unpaired) electrons. The Morgan fingerprint density at radius 3 is 2.29 bits per heavy atom.